The fraction of sp³-hybridized carbons (Fsp3) is 0.929. The number of likely N-dealkylation sites (tertiary alicyclic amines) is 1. The topological polar surface area (TPSA) is 43.8 Å². The molecule has 0 radical (unpaired) electrons. The van der Waals surface area contributed by atoms with Crippen LogP contribution in [-0.2, 0) is 4.79 Å². The molecule has 0 aromatic carbocycles. The summed E-state index contributed by atoms with van der Waals surface area (Å²) in [6.07, 6.45) is 2.24. The number of aliphatic hydroxyl groups is 1. The van der Waals surface area contributed by atoms with Gasteiger partial charge < -0.3 is 10.0 Å². The third kappa shape index (κ3) is 4.94. The standard InChI is InChI=1S/C14H28N2O2/c1-4-5-15(6-7-17)11-14(18)16-9-12(2)8-13(3)10-16/h12-13,17H,4-11H2,1-3H3/t12-,13+. The monoisotopic (exact) mass is 256 g/mol. The van der Waals surface area contributed by atoms with Crippen LogP contribution in [0.3, 0.4) is 0 Å². The van der Waals surface area contributed by atoms with Crippen molar-refractivity contribution < 1.29 is 9.90 Å². The highest BCUT2D eigenvalue weighted by molar-refractivity contribution is 5.78. The Morgan fingerprint density at radius 2 is 1.89 bits per heavy atom. The summed E-state index contributed by atoms with van der Waals surface area (Å²) < 4.78 is 0. The van der Waals surface area contributed by atoms with E-state index in [2.05, 4.69) is 20.8 Å². The summed E-state index contributed by atoms with van der Waals surface area (Å²) in [7, 11) is 0. The smallest absolute Gasteiger partial charge is 0.236 e. The number of nitrogens with zero attached hydrogens (tertiary/aromatic N) is 2. The first-order chi connectivity index (χ1) is 8.56. The third-order valence-electron chi connectivity index (χ3n) is 3.54. The molecular formula is C14H28N2O2. The van der Waals surface area contributed by atoms with Gasteiger partial charge in [0.1, 0.15) is 0 Å². The van der Waals surface area contributed by atoms with Gasteiger partial charge >= 0.3 is 0 Å². The Hall–Kier alpha value is -0.610. The summed E-state index contributed by atoms with van der Waals surface area (Å²) >= 11 is 0. The van der Waals surface area contributed by atoms with Crippen LogP contribution in [-0.4, -0.2) is 60.1 Å². The number of carbonyl (C=O) groups is 1. The van der Waals surface area contributed by atoms with E-state index in [1.165, 1.54) is 6.42 Å². The van der Waals surface area contributed by atoms with Crippen molar-refractivity contribution in [1.29, 1.82) is 0 Å². The van der Waals surface area contributed by atoms with E-state index in [1.54, 1.807) is 0 Å². The fourth-order valence-corrected chi connectivity index (χ4v) is 2.89. The molecule has 1 fully saturated rings. The third-order valence-corrected chi connectivity index (χ3v) is 3.54. The highest BCUT2D eigenvalue weighted by Gasteiger charge is 2.26. The second kappa shape index (κ2) is 7.74. The van der Waals surface area contributed by atoms with Gasteiger partial charge in [-0.15, -0.1) is 0 Å². The number of rotatable bonds is 6. The summed E-state index contributed by atoms with van der Waals surface area (Å²) in [5, 5.41) is 9.00. The molecule has 1 saturated heterocycles. The van der Waals surface area contributed by atoms with Crippen LogP contribution in [0.4, 0.5) is 0 Å². The maximum atomic E-state index is 12.3. The summed E-state index contributed by atoms with van der Waals surface area (Å²) in [5.74, 6) is 1.43. The van der Waals surface area contributed by atoms with Crippen molar-refractivity contribution in [2.45, 2.75) is 33.6 Å². The molecule has 4 nitrogen and oxygen atoms in total. The molecule has 1 rings (SSSR count). The van der Waals surface area contributed by atoms with Gasteiger partial charge in [-0.05, 0) is 31.2 Å². The molecule has 0 bridgehead atoms. The summed E-state index contributed by atoms with van der Waals surface area (Å²) in [6, 6.07) is 0. The van der Waals surface area contributed by atoms with E-state index in [1.807, 2.05) is 9.80 Å². The van der Waals surface area contributed by atoms with Crippen molar-refractivity contribution >= 4 is 5.91 Å². The Kier molecular flexibility index (Phi) is 6.65. The second-order valence-corrected chi connectivity index (χ2v) is 5.74. The molecule has 0 aromatic heterocycles. The molecule has 0 spiro atoms. The largest absolute Gasteiger partial charge is 0.395 e. The summed E-state index contributed by atoms with van der Waals surface area (Å²) in [6.45, 7) is 10.4. The molecule has 1 heterocycles. The van der Waals surface area contributed by atoms with Gasteiger partial charge in [0.2, 0.25) is 5.91 Å². The molecule has 0 unspecified atom stereocenters. The zero-order valence-electron chi connectivity index (χ0n) is 12.1. The molecule has 106 valence electrons. The lowest BCUT2D eigenvalue weighted by Gasteiger charge is -2.36. The van der Waals surface area contributed by atoms with Crippen LogP contribution >= 0.6 is 0 Å². The molecule has 0 saturated carbocycles. The van der Waals surface area contributed by atoms with E-state index in [0.717, 1.165) is 26.1 Å². The number of carbonyl (C=O) groups excluding carboxylic acids is 1. The van der Waals surface area contributed by atoms with E-state index < -0.39 is 0 Å². The highest BCUT2D eigenvalue weighted by atomic mass is 16.3. The van der Waals surface area contributed by atoms with E-state index in [9.17, 15) is 4.79 Å². The lowest BCUT2D eigenvalue weighted by Crippen LogP contribution is -2.47. The van der Waals surface area contributed by atoms with Gasteiger partial charge in [-0.1, -0.05) is 20.8 Å². The molecule has 0 aromatic rings. The zero-order chi connectivity index (χ0) is 13.5. The molecule has 2 atom stereocenters. The Bertz CT molecular complexity index is 242. The number of hydrogen-bond acceptors (Lipinski definition) is 3. The second-order valence-electron chi connectivity index (χ2n) is 5.74. The van der Waals surface area contributed by atoms with Crippen LogP contribution < -0.4 is 0 Å². The molecule has 18 heavy (non-hydrogen) atoms. The predicted octanol–water partition coefficient (Wildman–Crippen LogP) is 1.20. The van der Waals surface area contributed by atoms with E-state index in [0.29, 0.717) is 24.9 Å². The summed E-state index contributed by atoms with van der Waals surface area (Å²) in [4.78, 5) is 16.3. The molecule has 1 N–H and O–H groups in total. The van der Waals surface area contributed by atoms with Crippen molar-refractivity contribution in [1.82, 2.24) is 9.80 Å². The average Bonchev–Trinajstić information content (AvgIpc) is 2.28. The normalized spacial score (nSPS) is 24.6. The molecule has 1 aliphatic rings. The lowest BCUT2D eigenvalue weighted by atomic mass is 9.92. The van der Waals surface area contributed by atoms with Crippen LogP contribution in [0.2, 0.25) is 0 Å². The van der Waals surface area contributed by atoms with E-state index >= 15 is 0 Å². The zero-order valence-corrected chi connectivity index (χ0v) is 12.1. The maximum absolute atomic E-state index is 12.3. The van der Waals surface area contributed by atoms with Gasteiger partial charge in [0, 0.05) is 19.6 Å². The van der Waals surface area contributed by atoms with Gasteiger partial charge in [0.15, 0.2) is 0 Å². The minimum Gasteiger partial charge on any atom is -0.395 e. The van der Waals surface area contributed by atoms with Gasteiger partial charge in [-0.2, -0.15) is 0 Å². The molecule has 4 heteroatoms. The van der Waals surface area contributed by atoms with Crippen LogP contribution in [0.1, 0.15) is 33.6 Å². The van der Waals surface area contributed by atoms with Crippen LogP contribution in [0.15, 0.2) is 0 Å². The average molecular weight is 256 g/mol. The van der Waals surface area contributed by atoms with Gasteiger partial charge in [0.25, 0.3) is 0 Å². The Morgan fingerprint density at radius 1 is 1.28 bits per heavy atom. The van der Waals surface area contributed by atoms with Gasteiger partial charge in [-0.25, -0.2) is 0 Å². The maximum Gasteiger partial charge on any atom is 0.236 e. The van der Waals surface area contributed by atoms with Gasteiger partial charge in [-0.3, -0.25) is 9.69 Å². The quantitative estimate of drug-likeness (QED) is 0.776. The number of aliphatic hydroxyl groups excluding tert-OH is 1. The first kappa shape index (κ1) is 15.4. The van der Waals surface area contributed by atoms with Crippen molar-refractivity contribution in [3.8, 4) is 0 Å². The minimum absolute atomic E-state index is 0.125. The first-order valence-electron chi connectivity index (χ1n) is 7.17. The lowest BCUT2D eigenvalue weighted by molar-refractivity contribution is -0.135. The van der Waals surface area contributed by atoms with Crippen LogP contribution in [0.25, 0.3) is 0 Å². The van der Waals surface area contributed by atoms with Crippen molar-refractivity contribution in [3.63, 3.8) is 0 Å². The molecule has 0 aliphatic carbocycles. The van der Waals surface area contributed by atoms with Crippen molar-refractivity contribution in [3.05, 3.63) is 0 Å². The van der Waals surface area contributed by atoms with E-state index in [-0.39, 0.29) is 12.5 Å². The van der Waals surface area contributed by atoms with Gasteiger partial charge in [0.05, 0.1) is 13.2 Å². The van der Waals surface area contributed by atoms with E-state index in [4.69, 9.17) is 5.11 Å². The molecular weight excluding hydrogens is 228 g/mol. The Labute approximate surface area is 111 Å². The van der Waals surface area contributed by atoms with Crippen molar-refractivity contribution in [2.24, 2.45) is 11.8 Å². The van der Waals surface area contributed by atoms with Crippen molar-refractivity contribution in [2.75, 3.05) is 39.3 Å². The number of amides is 1. The number of piperidine rings is 1. The highest BCUT2D eigenvalue weighted by Crippen LogP contribution is 2.20. The van der Waals surface area contributed by atoms with Crippen LogP contribution in [0, 0.1) is 11.8 Å². The first-order valence-corrected chi connectivity index (χ1v) is 7.17. The fourth-order valence-electron chi connectivity index (χ4n) is 2.89. The minimum atomic E-state index is 0.125. The molecule has 1 aliphatic heterocycles. The Balaban J connectivity index is 2.46. The predicted molar refractivity (Wildman–Crippen MR) is 73.3 cm³/mol. The number of hydrogen-bond donors (Lipinski definition) is 1. The van der Waals surface area contributed by atoms with Crippen LogP contribution in [0.5, 0.6) is 0 Å². The summed E-state index contributed by atoms with van der Waals surface area (Å²) in [5.41, 5.74) is 0. The SMILES string of the molecule is CCCN(CCO)CC(=O)N1C[C@H](C)C[C@H](C)C1. The Morgan fingerprint density at radius 3 is 2.39 bits per heavy atom. The molecule has 1 amide bonds.